The van der Waals surface area contributed by atoms with Crippen LogP contribution >= 0.6 is 0 Å². The molecule has 0 aliphatic rings. The molecule has 0 unspecified atom stereocenters. The summed E-state index contributed by atoms with van der Waals surface area (Å²) < 4.78 is 0. The van der Waals surface area contributed by atoms with Gasteiger partial charge in [-0.15, -0.1) is 0 Å². The fraction of sp³-hybridized carbons (Fsp3) is 0.188. The van der Waals surface area contributed by atoms with Gasteiger partial charge in [0.1, 0.15) is 5.75 Å². The number of hydrogen-bond donors (Lipinski definition) is 2. The molecular weight excluding hydrogens is 236 g/mol. The van der Waals surface area contributed by atoms with Gasteiger partial charge in [0.2, 0.25) is 0 Å². The lowest BCUT2D eigenvalue weighted by Crippen LogP contribution is -2.00. The third-order valence-corrected chi connectivity index (χ3v) is 2.91. The molecule has 0 fully saturated rings. The van der Waals surface area contributed by atoms with E-state index in [2.05, 4.69) is 10.5 Å². The second-order valence-corrected chi connectivity index (χ2v) is 4.70. The lowest BCUT2D eigenvalue weighted by Gasteiger charge is -2.07. The molecule has 0 amide bonds. The molecule has 98 valence electrons. The highest BCUT2D eigenvalue weighted by molar-refractivity contribution is 6.01. The molecule has 0 aliphatic heterocycles. The fourth-order valence-corrected chi connectivity index (χ4v) is 1.86. The van der Waals surface area contributed by atoms with Crippen LogP contribution in [0.25, 0.3) is 0 Å². The van der Waals surface area contributed by atoms with E-state index in [4.69, 9.17) is 0 Å². The second kappa shape index (κ2) is 5.57. The van der Waals surface area contributed by atoms with Crippen molar-refractivity contribution in [1.82, 2.24) is 0 Å². The lowest BCUT2D eigenvalue weighted by atomic mass is 10.1. The van der Waals surface area contributed by atoms with E-state index >= 15 is 0 Å². The zero-order chi connectivity index (χ0) is 13.8. The monoisotopic (exact) mass is 254 g/mol. The number of phenolic OH excluding ortho intramolecular Hbond substituents is 1. The molecule has 0 atom stereocenters. The molecule has 0 saturated carbocycles. The standard InChI is InChI=1S/C16H18N2O/c1-11-5-4-6-14(9-11)18-17-13(3)15-10-12(2)7-8-16(15)19/h4-10,18-19H,1-3H3/b17-13+. The molecule has 0 bridgehead atoms. The van der Waals surface area contributed by atoms with E-state index in [0.29, 0.717) is 0 Å². The Kier molecular flexibility index (Phi) is 3.85. The number of rotatable bonds is 3. The van der Waals surface area contributed by atoms with Crippen LogP contribution in [0.3, 0.4) is 0 Å². The van der Waals surface area contributed by atoms with Crippen LogP contribution in [0.1, 0.15) is 23.6 Å². The Balaban J connectivity index is 2.21. The predicted molar refractivity (Wildman–Crippen MR) is 79.9 cm³/mol. The van der Waals surface area contributed by atoms with Gasteiger partial charge in [0, 0.05) is 5.56 Å². The number of hydrazone groups is 1. The first-order valence-corrected chi connectivity index (χ1v) is 6.23. The van der Waals surface area contributed by atoms with Gasteiger partial charge >= 0.3 is 0 Å². The first-order valence-electron chi connectivity index (χ1n) is 6.23. The molecule has 2 rings (SSSR count). The zero-order valence-corrected chi connectivity index (χ0v) is 11.4. The van der Waals surface area contributed by atoms with Crippen molar-refractivity contribution in [3.05, 3.63) is 59.2 Å². The van der Waals surface area contributed by atoms with Gasteiger partial charge in [-0.25, -0.2) is 0 Å². The highest BCUT2D eigenvalue weighted by atomic mass is 16.3. The van der Waals surface area contributed by atoms with E-state index in [1.165, 1.54) is 5.56 Å². The predicted octanol–water partition coefficient (Wildman–Crippen LogP) is 3.85. The summed E-state index contributed by atoms with van der Waals surface area (Å²) in [6.07, 6.45) is 0. The lowest BCUT2D eigenvalue weighted by molar-refractivity contribution is 0.474. The van der Waals surface area contributed by atoms with Crippen LogP contribution in [0, 0.1) is 13.8 Å². The maximum absolute atomic E-state index is 9.84. The number of benzene rings is 2. The number of anilines is 1. The van der Waals surface area contributed by atoms with Gasteiger partial charge in [0.05, 0.1) is 11.4 Å². The van der Waals surface area contributed by atoms with Crippen molar-refractivity contribution in [3.8, 4) is 5.75 Å². The summed E-state index contributed by atoms with van der Waals surface area (Å²) in [4.78, 5) is 0. The average molecular weight is 254 g/mol. The van der Waals surface area contributed by atoms with Crippen molar-refractivity contribution in [2.75, 3.05) is 5.43 Å². The van der Waals surface area contributed by atoms with Crippen LogP contribution in [0.5, 0.6) is 5.75 Å². The first-order chi connectivity index (χ1) is 9.06. The Labute approximate surface area is 113 Å². The van der Waals surface area contributed by atoms with E-state index in [1.807, 2.05) is 57.2 Å². The third kappa shape index (κ3) is 3.35. The topological polar surface area (TPSA) is 44.6 Å². The normalized spacial score (nSPS) is 11.4. The number of aryl methyl sites for hydroxylation is 2. The number of nitrogens with zero attached hydrogens (tertiary/aromatic N) is 1. The molecule has 0 spiro atoms. The van der Waals surface area contributed by atoms with Crippen molar-refractivity contribution >= 4 is 11.4 Å². The van der Waals surface area contributed by atoms with Gasteiger partial charge in [-0.2, -0.15) is 5.10 Å². The second-order valence-electron chi connectivity index (χ2n) is 4.70. The van der Waals surface area contributed by atoms with Crippen LogP contribution in [0.15, 0.2) is 47.6 Å². The van der Waals surface area contributed by atoms with Crippen molar-refractivity contribution in [3.63, 3.8) is 0 Å². The molecule has 2 aromatic carbocycles. The Bertz CT molecular complexity index is 618. The van der Waals surface area contributed by atoms with Gasteiger partial charge in [-0.05, 0) is 50.6 Å². The van der Waals surface area contributed by atoms with E-state index in [1.54, 1.807) is 6.07 Å². The fourth-order valence-electron chi connectivity index (χ4n) is 1.86. The van der Waals surface area contributed by atoms with Crippen LogP contribution in [0.4, 0.5) is 5.69 Å². The third-order valence-electron chi connectivity index (χ3n) is 2.91. The quantitative estimate of drug-likeness (QED) is 0.645. The molecule has 0 radical (unpaired) electrons. The SMILES string of the molecule is C/C(=N\Nc1cccc(C)c1)c1cc(C)ccc1O. The molecule has 2 N–H and O–H groups in total. The van der Waals surface area contributed by atoms with E-state index in [9.17, 15) is 5.11 Å². The van der Waals surface area contributed by atoms with Crippen molar-refractivity contribution < 1.29 is 5.11 Å². The number of nitrogens with one attached hydrogen (secondary N) is 1. The summed E-state index contributed by atoms with van der Waals surface area (Å²) in [5.74, 6) is 0.248. The molecule has 0 aromatic heterocycles. The minimum absolute atomic E-state index is 0.248. The summed E-state index contributed by atoms with van der Waals surface area (Å²) in [7, 11) is 0. The molecular formula is C16H18N2O. The Morgan fingerprint density at radius 1 is 1.05 bits per heavy atom. The van der Waals surface area contributed by atoms with Gasteiger partial charge in [0.25, 0.3) is 0 Å². The molecule has 0 heterocycles. The summed E-state index contributed by atoms with van der Waals surface area (Å²) in [5.41, 5.74) is 7.72. The molecule has 0 aliphatic carbocycles. The molecule has 3 nitrogen and oxygen atoms in total. The Morgan fingerprint density at radius 3 is 2.53 bits per heavy atom. The summed E-state index contributed by atoms with van der Waals surface area (Å²) >= 11 is 0. The molecule has 0 saturated heterocycles. The first kappa shape index (κ1) is 13.1. The molecule has 19 heavy (non-hydrogen) atoms. The number of aromatic hydroxyl groups is 1. The number of phenols is 1. The van der Waals surface area contributed by atoms with Crippen molar-refractivity contribution in [2.24, 2.45) is 5.10 Å². The minimum atomic E-state index is 0.248. The van der Waals surface area contributed by atoms with Gasteiger partial charge in [-0.3, -0.25) is 5.43 Å². The largest absolute Gasteiger partial charge is 0.507 e. The van der Waals surface area contributed by atoms with Crippen LogP contribution in [-0.2, 0) is 0 Å². The summed E-state index contributed by atoms with van der Waals surface area (Å²) in [6, 6.07) is 13.5. The summed E-state index contributed by atoms with van der Waals surface area (Å²) in [5, 5.41) is 14.2. The number of hydrogen-bond acceptors (Lipinski definition) is 3. The van der Waals surface area contributed by atoms with Crippen molar-refractivity contribution in [2.45, 2.75) is 20.8 Å². The Hall–Kier alpha value is -2.29. The van der Waals surface area contributed by atoms with E-state index in [0.717, 1.165) is 22.5 Å². The molecule has 3 heteroatoms. The zero-order valence-electron chi connectivity index (χ0n) is 11.4. The van der Waals surface area contributed by atoms with Gasteiger partial charge in [-0.1, -0.05) is 23.8 Å². The van der Waals surface area contributed by atoms with Crippen LogP contribution in [-0.4, -0.2) is 10.8 Å². The van der Waals surface area contributed by atoms with Gasteiger partial charge < -0.3 is 5.11 Å². The Morgan fingerprint density at radius 2 is 1.79 bits per heavy atom. The maximum atomic E-state index is 9.84. The maximum Gasteiger partial charge on any atom is 0.124 e. The smallest absolute Gasteiger partial charge is 0.124 e. The van der Waals surface area contributed by atoms with Crippen LogP contribution in [0.2, 0.25) is 0 Å². The van der Waals surface area contributed by atoms with Gasteiger partial charge in [0.15, 0.2) is 0 Å². The molecule has 2 aromatic rings. The summed E-state index contributed by atoms with van der Waals surface area (Å²) in [6.45, 7) is 5.90. The van der Waals surface area contributed by atoms with E-state index in [-0.39, 0.29) is 5.75 Å². The minimum Gasteiger partial charge on any atom is -0.507 e. The van der Waals surface area contributed by atoms with Crippen LogP contribution < -0.4 is 5.43 Å². The highest BCUT2D eigenvalue weighted by Gasteiger charge is 2.04. The average Bonchev–Trinajstić information content (AvgIpc) is 2.39. The van der Waals surface area contributed by atoms with Crippen molar-refractivity contribution in [1.29, 1.82) is 0 Å². The van der Waals surface area contributed by atoms with E-state index < -0.39 is 0 Å². The highest BCUT2D eigenvalue weighted by Crippen LogP contribution is 2.19.